The summed E-state index contributed by atoms with van der Waals surface area (Å²) in [4.78, 5) is 15.6. The second-order valence-electron chi connectivity index (χ2n) is 14.0. The quantitative estimate of drug-likeness (QED) is 0.179. The van der Waals surface area contributed by atoms with E-state index >= 15 is 0 Å². The number of hydrogen-bond acceptors (Lipinski definition) is 3. The number of rotatable bonds is 5. The Kier molecular flexibility index (Phi) is 7.14. The van der Waals surface area contributed by atoms with Crippen LogP contribution in [0.3, 0.4) is 0 Å². The molecule has 9 aromatic carbocycles. The van der Waals surface area contributed by atoms with E-state index in [4.69, 9.17) is 15.0 Å². The van der Waals surface area contributed by atoms with Crippen molar-refractivity contribution in [3.8, 4) is 51.0 Å². The molecule has 2 heterocycles. The second kappa shape index (κ2) is 12.6. The van der Waals surface area contributed by atoms with Crippen molar-refractivity contribution in [1.29, 1.82) is 0 Å². The van der Waals surface area contributed by atoms with Gasteiger partial charge >= 0.3 is 0 Å². The molecule has 0 unspecified atom stereocenters. The molecular formula is C51H32N4. The number of benzene rings is 9. The Morgan fingerprint density at radius 3 is 1.64 bits per heavy atom. The van der Waals surface area contributed by atoms with Crippen LogP contribution in [0.5, 0.6) is 0 Å². The molecule has 0 saturated carbocycles. The molecule has 0 saturated heterocycles. The molecule has 0 aliphatic carbocycles. The molecule has 11 aromatic rings. The highest BCUT2D eigenvalue weighted by atomic mass is 15.0. The lowest BCUT2D eigenvalue weighted by atomic mass is 9.95. The highest BCUT2D eigenvalue weighted by molar-refractivity contribution is 6.20. The zero-order valence-corrected chi connectivity index (χ0v) is 29.8. The van der Waals surface area contributed by atoms with Gasteiger partial charge in [-0.2, -0.15) is 0 Å². The summed E-state index contributed by atoms with van der Waals surface area (Å²) in [7, 11) is 0. The van der Waals surface area contributed by atoms with Crippen molar-refractivity contribution in [3.05, 3.63) is 194 Å². The molecule has 4 heteroatoms. The average molecular weight is 701 g/mol. The maximum Gasteiger partial charge on any atom is 0.164 e. The first kappa shape index (κ1) is 31.1. The maximum atomic E-state index is 5.26. The molecule has 55 heavy (non-hydrogen) atoms. The van der Waals surface area contributed by atoms with Crippen LogP contribution in [0.25, 0.3) is 105 Å². The largest absolute Gasteiger partial charge is 0.309 e. The van der Waals surface area contributed by atoms with Gasteiger partial charge in [0.2, 0.25) is 0 Å². The summed E-state index contributed by atoms with van der Waals surface area (Å²) in [6.07, 6.45) is 0. The second-order valence-corrected chi connectivity index (χ2v) is 14.0. The van der Waals surface area contributed by atoms with Crippen LogP contribution in [-0.2, 0) is 0 Å². The predicted molar refractivity (Wildman–Crippen MR) is 228 cm³/mol. The minimum absolute atomic E-state index is 0.623. The Morgan fingerprint density at radius 1 is 0.309 bits per heavy atom. The van der Waals surface area contributed by atoms with E-state index in [9.17, 15) is 0 Å². The minimum atomic E-state index is 0.623. The smallest absolute Gasteiger partial charge is 0.164 e. The van der Waals surface area contributed by atoms with Gasteiger partial charge in [0.25, 0.3) is 0 Å². The first-order valence-electron chi connectivity index (χ1n) is 18.6. The monoisotopic (exact) mass is 700 g/mol. The fraction of sp³-hybridized carbons (Fsp3) is 0. The van der Waals surface area contributed by atoms with Crippen molar-refractivity contribution in [2.75, 3.05) is 0 Å². The Balaban J connectivity index is 1.15. The van der Waals surface area contributed by atoms with Gasteiger partial charge in [-0.3, -0.25) is 0 Å². The van der Waals surface area contributed by atoms with E-state index in [1.165, 1.54) is 49.0 Å². The Hall–Kier alpha value is -7.43. The van der Waals surface area contributed by atoms with Crippen LogP contribution >= 0.6 is 0 Å². The van der Waals surface area contributed by atoms with Gasteiger partial charge in [-0.1, -0.05) is 164 Å². The first-order valence-corrected chi connectivity index (χ1v) is 18.6. The van der Waals surface area contributed by atoms with E-state index in [0.29, 0.717) is 17.5 Å². The lowest BCUT2D eigenvalue weighted by Crippen LogP contribution is -2.01. The lowest BCUT2D eigenvalue weighted by Gasteiger charge is -2.14. The number of fused-ring (bicyclic) bond motifs is 7. The Bertz CT molecular complexity index is 3260. The SMILES string of the molecule is c1ccc(-c2nc(-c3cccc(-n4c5cc6ccccc6cc5c5ccc6ccccc6c54)c3)nc(-c3ccc(-c4ccccc4)c4ccccc34)n2)cc1. The summed E-state index contributed by atoms with van der Waals surface area (Å²) in [5, 5.41) is 9.56. The normalized spacial score (nSPS) is 11.6. The molecule has 0 aliphatic rings. The van der Waals surface area contributed by atoms with Gasteiger partial charge in [-0.05, 0) is 68.4 Å². The van der Waals surface area contributed by atoms with Crippen LogP contribution in [-0.4, -0.2) is 19.5 Å². The average Bonchev–Trinajstić information content (AvgIpc) is 3.59. The summed E-state index contributed by atoms with van der Waals surface area (Å²) in [6, 6.07) is 68.7. The first-order chi connectivity index (χ1) is 27.3. The van der Waals surface area contributed by atoms with E-state index in [1.54, 1.807) is 0 Å². The van der Waals surface area contributed by atoms with Gasteiger partial charge in [-0.15, -0.1) is 0 Å². The molecule has 4 nitrogen and oxygen atoms in total. The van der Waals surface area contributed by atoms with Crippen LogP contribution in [0.4, 0.5) is 0 Å². The molecule has 0 spiro atoms. The molecule has 0 fully saturated rings. The zero-order valence-electron chi connectivity index (χ0n) is 29.8. The van der Waals surface area contributed by atoms with Gasteiger partial charge in [0.05, 0.1) is 11.0 Å². The third-order valence-electron chi connectivity index (χ3n) is 10.8. The maximum absolute atomic E-state index is 5.26. The van der Waals surface area contributed by atoms with Crippen molar-refractivity contribution in [3.63, 3.8) is 0 Å². The highest BCUT2D eigenvalue weighted by Gasteiger charge is 2.19. The van der Waals surface area contributed by atoms with Gasteiger partial charge in [-0.25, -0.2) is 15.0 Å². The van der Waals surface area contributed by atoms with E-state index < -0.39 is 0 Å². The lowest BCUT2D eigenvalue weighted by molar-refractivity contribution is 1.07. The van der Waals surface area contributed by atoms with Crippen molar-refractivity contribution in [2.45, 2.75) is 0 Å². The van der Waals surface area contributed by atoms with Crippen molar-refractivity contribution in [2.24, 2.45) is 0 Å². The van der Waals surface area contributed by atoms with Crippen LogP contribution < -0.4 is 0 Å². The highest BCUT2D eigenvalue weighted by Crippen LogP contribution is 2.40. The van der Waals surface area contributed by atoms with E-state index in [-0.39, 0.29) is 0 Å². The molecule has 0 atom stereocenters. The summed E-state index contributed by atoms with van der Waals surface area (Å²) < 4.78 is 2.42. The zero-order chi connectivity index (χ0) is 36.3. The van der Waals surface area contributed by atoms with Crippen LogP contribution in [0.1, 0.15) is 0 Å². The van der Waals surface area contributed by atoms with Crippen LogP contribution in [0, 0.1) is 0 Å². The molecule has 0 N–H and O–H groups in total. The summed E-state index contributed by atoms with van der Waals surface area (Å²) >= 11 is 0. The van der Waals surface area contributed by atoms with Gasteiger partial charge in [0.15, 0.2) is 17.5 Å². The third-order valence-corrected chi connectivity index (χ3v) is 10.8. The molecule has 0 bridgehead atoms. The molecule has 0 aliphatic heterocycles. The summed E-state index contributed by atoms with van der Waals surface area (Å²) in [5.41, 5.74) is 8.57. The van der Waals surface area contributed by atoms with Crippen LogP contribution in [0.2, 0.25) is 0 Å². The molecule has 256 valence electrons. The fourth-order valence-electron chi connectivity index (χ4n) is 8.22. The topological polar surface area (TPSA) is 43.6 Å². The summed E-state index contributed by atoms with van der Waals surface area (Å²) in [5.74, 6) is 1.90. The molecule has 11 rings (SSSR count). The Labute approximate surface area is 317 Å². The number of nitrogens with zero attached hydrogens (tertiary/aromatic N) is 4. The number of aromatic nitrogens is 4. The van der Waals surface area contributed by atoms with Gasteiger partial charge in [0.1, 0.15) is 0 Å². The molecule has 0 amide bonds. The fourth-order valence-corrected chi connectivity index (χ4v) is 8.22. The van der Waals surface area contributed by atoms with E-state index in [0.717, 1.165) is 38.7 Å². The third kappa shape index (κ3) is 5.19. The molecule has 0 radical (unpaired) electrons. The standard InChI is InChI=1S/C51H32N4/c1-3-14-33(15-4-1)40-28-29-45(43-25-12-11-24-42(40)43)51-53-49(35-17-5-2-6-18-35)52-50(54-51)38-21-13-22-39(30-38)55-47-32-37-20-8-7-19-36(37)31-46(47)44-27-26-34-16-9-10-23-41(34)48(44)55/h1-32H. The van der Waals surface area contributed by atoms with Crippen LogP contribution in [0.15, 0.2) is 194 Å². The number of hydrogen-bond donors (Lipinski definition) is 0. The van der Waals surface area contributed by atoms with E-state index in [2.05, 4.69) is 180 Å². The minimum Gasteiger partial charge on any atom is -0.309 e. The summed E-state index contributed by atoms with van der Waals surface area (Å²) in [6.45, 7) is 0. The van der Waals surface area contributed by atoms with Crippen molar-refractivity contribution in [1.82, 2.24) is 19.5 Å². The molecular weight excluding hydrogens is 669 g/mol. The predicted octanol–water partition coefficient (Wildman–Crippen LogP) is 13.1. The van der Waals surface area contributed by atoms with Crippen molar-refractivity contribution < 1.29 is 0 Å². The molecule has 2 aromatic heterocycles. The van der Waals surface area contributed by atoms with E-state index in [1.807, 2.05) is 18.2 Å². The van der Waals surface area contributed by atoms with Gasteiger partial charge in [0, 0.05) is 38.5 Å². The van der Waals surface area contributed by atoms with Gasteiger partial charge < -0.3 is 4.57 Å². The Morgan fingerprint density at radius 2 is 0.873 bits per heavy atom. The van der Waals surface area contributed by atoms with Crippen molar-refractivity contribution >= 4 is 54.1 Å².